The van der Waals surface area contributed by atoms with Gasteiger partial charge < -0.3 is 14.6 Å². The van der Waals surface area contributed by atoms with Crippen LogP contribution in [-0.4, -0.2) is 30.1 Å². The molecular weight excluding hydrogens is 442 g/mol. The van der Waals surface area contributed by atoms with E-state index in [1.165, 1.54) is 10.8 Å². The van der Waals surface area contributed by atoms with Crippen molar-refractivity contribution in [3.8, 4) is 23.4 Å². The summed E-state index contributed by atoms with van der Waals surface area (Å²) in [6, 6.07) is 12.7. The van der Waals surface area contributed by atoms with Crippen LogP contribution in [0, 0.1) is 25.2 Å². The van der Waals surface area contributed by atoms with Crippen molar-refractivity contribution in [2.24, 2.45) is 4.99 Å². The Morgan fingerprint density at radius 2 is 1.88 bits per heavy atom. The van der Waals surface area contributed by atoms with Crippen LogP contribution in [0.3, 0.4) is 0 Å². The summed E-state index contributed by atoms with van der Waals surface area (Å²) in [5, 5.41) is 21.0. The number of aliphatic imine (C=N–C) groups is 1. The van der Waals surface area contributed by atoms with E-state index in [0.717, 1.165) is 11.1 Å². The normalized spacial score (nSPS) is 10.9. The summed E-state index contributed by atoms with van der Waals surface area (Å²) in [7, 11) is 3.10. The monoisotopic (exact) mass is 465 g/mol. The highest BCUT2D eigenvalue weighted by Gasteiger charge is 2.18. The molecular formula is C25H24ClN3O4. The molecule has 0 fully saturated rings. The minimum Gasteiger partial charge on any atom is -0.494 e. The lowest BCUT2D eigenvalue weighted by Gasteiger charge is -2.15. The molecule has 0 unspecified atom stereocenters. The van der Waals surface area contributed by atoms with Crippen molar-refractivity contribution in [1.82, 2.24) is 4.57 Å². The molecule has 0 amide bonds. The number of methoxy groups -OCH3 is 2. The number of halogens is 1. The van der Waals surface area contributed by atoms with Crippen LogP contribution in [0.15, 0.2) is 46.2 Å². The van der Waals surface area contributed by atoms with Crippen LogP contribution >= 0.6 is 11.6 Å². The third-order valence-corrected chi connectivity index (χ3v) is 5.82. The van der Waals surface area contributed by atoms with Gasteiger partial charge in [-0.25, -0.2) is 0 Å². The number of benzene rings is 2. The first-order valence-corrected chi connectivity index (χ1v) is 10.6. The first-order chi connectivity index (χ1) is 15.8. The molecule has 2 aromatic carbocycles. The van der Waals surface area contributed by atoms with Gasteiger partial charge in [-0.3, -0.25) is 14.4 Å². The third-order valence-electron chi connectivity index (χ3n) is 5.42. The molecule has 3 rings (SSSR count). The quantitative estimate of drug-likeness (QED) is 0.510. The molecule has 1 aromatic heterocycles. The van der Waals surface area contributed by atoms with Crippen LogP contribution < -0.4 is 15.0 Å². The van der Waals surface area contributed by atoms with Crippen LogP contribution in [-0.2, 0) is 13.0 Å². The highest BCUT2D eigenvalue weighted by Crippen LogP contribution is 2.28. The minimum absolute atomic E-state index is 0.0384. The van der Waals surface area contributed by atoms with Crippen molar-refractivity contribution in [1.29, 1.82) is 5.26 Å². The second-order valence-corrected chi connectivity index (χ2v) is 7.84. The number of pyridine rings is 1. The lowest BCUT2D eigenvalue weighted by atomic mass is 10.1. The number of hydrogen-bond acceptors (Lipinski definition) is 6. The number of nitriles is 1. The second-order valence-electron chi connectivity index (χ2n) is 7.44. The average molecular weight is 466 g/mol. The number of nitrogens with zero attached hydrogens (tertiary/aromatic N) is 3. The topological polar surface area (TPSA) is 96.8 Å². The van der Waals surface area contributed by atoms with E-state index in [1.54, 1.807) is 39.3 Å². The Bertz CT molecular complexity index is 1320. The smallest absolute Gasteiger partial charge is 0.271 e. The van der Waals surface area contributed by atoms with E-state index in [0.29, 0.717) is 39.8 Å². The van der Waals surface area contributed by atoms with Crippen molar-refractivity contribution >= 4 is 23.5 Å². The first-order valence-electron chi connectivity index (χ1n) is 10.2. The predicted molar refractivity (Wildman–Crippen MR) is 129 cm³/mol. The standard InChI is InChI=1S/C25H24ClN3O4/c1-15-5-7-18(12-21(15)26)28-14-20-16(2)19(13-27)24(30)29(25(20)31)10-9-17-6-8-22(32-3)23(11-17)33-4/h5-8,11-12,14,31H,9-10H2,1-4H3. The fourth-order valence-corrected chi connectivity index (χ4v) is 3.59. The molecule has 7 nitrogen and oxygen atoms in total. The van der Waals surface area contributed by atoms with E-state index in [4.69, 9.17) is 21.1 Å². The molecule has 0 aliphatic carbocycles. The van der Waals surface area contributed by atoms with E-state index in [-0.39, 0.29) is 18.0 Å². The number of aromatic nitrogens is 1. The Labute approximate surface area is 197 Å². The van der Waals surface area contributed by atoms with Gasteiger partial charge >= 0.3 is 0 Å². The molecule has 0 bridgehead atoms. The predicted octanol–water partition coefficient (Wildman–Crippen LogP) is 4.71. The summed E-state index contributed by atoms with van der Waals surface area (Å²) >= 11 is 6.16. The fourth-order valence-electron chi connectivity index (χ4n) is 3.41. The van der Waals surface area contributed by atoms with E-state index >= 15 is 0 Å². The summed E-state index contributed by atoms with van der Waals surface area (Å²) in [4.78, 5) is 17.3. The van der Waals surface area contributed by atoms with E-state index in [9.17, 15) is 15.2 Å². The average Bonchev–Trinajstić information content (AvgIpc) is 2.81. The molecule has 0 saturated heterocycles. The van der Waals surface area contributed by atoms with E-state index in [1.807, 2.05) is 31.2 Å². The zero-order valence-corrected chi connectivity index (χ0v) is 19.6. The Hall–Kier alpha value is -3.76. The van der Waals surface area contributed by atoms with E-state index < -0.39 is 5.56 Å². The molecule has 0 aliphatic rings. The van der Waals surface area contributed by atoms with Gasteiger partial charge in [0.05, 0.1) is 25.5 Å². The van der Waals surface area contributed by atoms with Crippen LogP contribution in [0.5, 0.6) is 17.4 Å². The van der Waals surface area contributed by atoms with Crippen LogP contribution in [0.4, 0.5) is 5.69 Å². The third kappa shape index (κ3) is 5.02. The summed E-state index contributed by atoms with van der Waals surface area (Å²) in [6.07, 6.45) is 1.87. The maximum absolute atomic E-state index is 12.9. The summed E-state index contributed by atoms with van der Waals surface area (Å²) in [5.41, 5.74) is 2.46. The number of aryl methyl sites for hydroxylation is 2. The van der Waals surface area contributed by atoms with Crippen molar-refractivity contribution in [3.63, 3.8) is 0 Å². The second kappa shape index (κ2) is 10.2. The van der Waals surface area contributed by atoms with Crippen LogP contribution in [0.1, 0.15) is 27.8 Å². The number of rotatable bonds is 7. The summed E-state index contributed by atoms with van der Waals surface area (Å²) in [6.45, 7) is 3.66. The molecule has 0 atom stereocenters. The number of aromatic hydroxyl groups is 1. The Morgan fingerprint density at radius 3 is 2.52 bits per heavy atom. The largest absolute Gasteiger partial charge is 0.494 e. The van der Waals surface area contributed by atoms with Crippen molar-refractivity contribution in [2.75, 3.05) is 14.2 Å². The maximum atomic E-state index is 12.9. The highest BCUT2D eigenvalue weighted by atomic mass is 35.5. The Morgan fingerprint density at radius 1 is 1.15 bits per heavy atom. The Kier molecular flexibility index (Phi) is 7.41. The zero-order valence-electron chi connectivity index (χ0n) is 18.8. The maximum Gasteiger partial charge on any atom is 0.271 e. The van der Waals surface area contributed by atoms with Gasteiger partial charge in [0.15, 0.2) is 11.5 Å². The first kappa shape index (κ1) is 23.9. The van der Waals surface area contributed by atoms with Crippen molar-refractivity contribution in [3.05, 3.63) is 79.6 Å². The molecule has 170 valence electrons. The molecule has 1 heterocycles. The van der Waals surface area contributed by atoms with Crippen molar-refractivity contribution in [2.45, 2.75) is 26.8 Å². The van der Waals surface area contributed by atoms with Gasteiger partial charge in [-0.2, -0.15) is 5.26 Å². The van der Waals surface area contributed by atoms with E-state index in [2.05, 4.69) is 4.99 Å². The molecule has 8 heteroatoms. The highest BCUT2D eigenvalue weighted by molar-refractivity contribution is 6.31. The molecule has 0 spiro atoms. The van der Waals surface area contributed by atoms with Crippen LogP contribution in [0.25, 0.3) is 0 Å². The summed E-state index contributed by atoms with van der Waals surface area (Å²) in [5.74, 6) is 0.912. The van der Waals surface area contributed by atoms with Gasteiger partial charge in [-0.15, -0.1) is 0 Å². The van der Waals surface area contributed by atoms with Crippen molar-refractivity contribution < 1.29 is 14.6 Å². The van der Waals surface area contributed by atoms with Gasteiger partial charge in [0.25, 0.3) is 5.56 Å². The van der Waals surface area contributed by atoms with Gasteiger partial charge in [0.2, 0.25) is 5.88 Å². The van der Waals surface area contributed by atoms with Gasteiger partial charge in [0.1, 0.15) is 11.6 Å². The van der Waals surface area contributed by atoms with Gasteiger partial charge in [-0.05, 0) is 61.2 Å². The molecule has 1 N–H and O–H groups in total. The minimum atomic E-state index is -0.552. The lowest BCUT2D eigenvalue weighted by molar-refractivity contribution is 0.354. The summed E-state index contributed by atoms with van der Waals surface area (Å²) < 4.78 is 11.8. The molecule has 33 heavy (non-hydrogen) atoms. The Balaban J connectivity index is 1.99. The zero-order chi connectivity index (χ0) is 24.1. The number of hydrogen-bond donors (Lipinski definition) is 1. The van der Waals surface area contributed by atoms with Gasteiger partial charge in [-0.1, -0.05) is 23.7 Å². The molecule has 0 saturated carbocycles. The number of ether oxygens (including phenoxy) is 2. The molecule has 0 aliphatic heterocycles. The van der Waals surface area contributed by atoms with Gasteiger partial charge in [0, 0.05) is 17.8 Å². The van der Waals surface area contributed by atoms with Crippen LogP contribution in [0.2, 0.25) is 5.02 Å². The SMILES string of the molecule is COc1ccc(CCn2c(O)c(C=Nc3ccc(C)c(Cl)c3)c(C)c(C#N)c2=O)cc1OC. The lowest BCUT2D eigenvalue weighted by Crippen LogP contribution is -2.26. The molecule has 3 aromatic rings. The molecule has 0 radical (unpaired) electrons. The fraction of sp³-hybridized carbons (Fsp3) is 0.240.